The van der Waals surface area contributed by atoms with Crippen LogP contribution in [0.4, 0.5) is 18.9 Å². The van der Waals surface area contributed by atoms with Gasteiger partial charge in [-0.2, -0.15) is 25.9 Å². The molecule has 27 heavy (non-hydrogen) atoms. The first-order valence-electron chi connectivity index (χ1n) is 7.29. The average molecular weight is 432 g/mol. The molecule has 1 N–H and O–H groups in total. The summed E-state index contributed by atoms with van der Waals surface area (Å²) in [5, 5.41) is 2.66. The van der Waals surface area contributed by atoms with Crippen LogP contribution in [-0.4, -0.2) is 58.9 Å². The van der Waals surface area contributed by atoms with E-state index in [1.54, 1.807) is 0 Å². The van der Waals surface area contributed by atoms with Gasteiger partial charge in [0.15, 0.2) is 0 Å². The summed E-state index contributed by atoms with van der Waals surface area (Å²) in [6.45, 7) is 1.19. The Morgan fingerprint density at radius 3 is 2.52 bits per heavy atom. The number of anilines is 1. The highest BCUT2D eigenvalue weighted by Gasteiger charge is 2.48. The molecule has 1 aromatic carbocycles. The Kier molecular flexibility index (Phi) is 5.64. The zero-order valence-corrected chi connectivity index (χ0v) is 15.6. The largest absolute Gasteiger partial charge is 0.534 e. The molecule has 14 heteroatoms. The maximum absolute atomic E-state index is 12.8. The lowest BCUT2D eigenvalue weighted by Gasteiger charge is -2.24. The van der Waals surface area contributed by atoms with Crippen LogP contribution in [0.1, 0.15) is 6.92 Å². The molecular weight excluding hydrogens is 417 g/mol. The van der Waals surface area contributed by atoms with E-state index in [2.05, 4.69) is 14.2 Å². The van der Waals surface area contributed by atoms with Gasteiger partial charge in [-0.25, -0.2) is 8.42 Å². The molecular formula is C13H15F3N2O7S2. The molecule has 0 bridgehead atoms. The van der Waals surface area contributed by atoms with Gasteiger partial charge < -0.3 is 14.2 Å². The summed E-state index contributed by atoms with van der Waals surface area (Å²) < 4.78 is 94.4. The van der Waals surface area contributed by atoms with E-state index in [0.717, 1.165) is 29.6 Å². The summed E-state index contributed by atoms with van der Waals surface area (Å²) in [7, 11) is -9.03. The molecule has 0 saturated heterocycles. The molecule has 152 valence electrons. The summed E-state index contributed by atoms with van der Waals surface area (Å²) in [6.07, 6.45) is 0. The normalized spacial score (nSPS) is 18.6. The second-order valence-corrected chi connectivity index (χ2v) is 8.78. The predicted molar refractivity (Wildman–Crippen MR) is 85.9 cm³/mol. The maximum atomic E-state index is 12.8. The number of ether oxygens (including phenoxy) is 1. The first-order valence-corrected chi connectivity index (χ1v) is 10.1. The van der Waals surface area contributed by atoms with Crippen LogP contribution in [0.3, 0.4) is 0 Å². The predicted octanol–water partition coefficient (Wildman–Crippen LogP) is 0.893. The minimum Gasteiger partial charge on any atom is -0.468 e. The number of nitrogens with zero attached hydrogens (tertiary/aromatic N) is 1. The van der Waals surface area contributed by atoms with Crippen molar-refractivity contribution in [1.29, 1.82) is 0 Å². The molecule has 1 aliphatic heterocycles. The number of carbonyl (C=O) groups is 1. The number of hydrogen-bond acceptors (Lipinski definition) is 8. The van der Waals surface area contributed by atoms with Crippen molar-refractivity contribution in [3.05, 3.63) is 18.2 Å². The van der Waals surface area contributed by atoms with Crippen LogP contribution in [0.2, 0.25) is 0 Å². The minimum absolute atomic E-state index is 0.00301. The Morgan fingerprint density at radius 1 is 1.33 bits per heavy atom. The average Bonchev–Trinajstić information content (AvgIpc) is 2.67. The molecule has 1 aromatic rings. The summed E-state index contributed by atoms with van der Waals surface area (Å²) in [5.41, 5.74) is -5.80. The van der Waals surface area contributed by atoms with Crippen LogP contribution < -0.4 is 9.50 Å². The van der Waals surface area contributed by atoms with Crippen molar-refractivity contribution in [3.63, 3.8) is 0 Å². The van der Waals surface area contributed by atoms with Crippen LogP contribution in [0.25, 0.3) is 0 Å². The molecule has 9 nitrogen and oxygen atoms in total. The third-order valence-corrected chi connectivity index (χ3v) is 6.66. The molecule has 0 unspecified atom stereocenters. The number of alkyl halides is 3. The van der Waals surface area contributed by atoms with Gasteiger partial charge in [0.2, 0.25) is 10.0 Å². The van der Waals surface area contributed by atoms with Crippen molar-refractivity contribution in [1.82, 2.24) is 4.31 Å². The molecule has 0 spiro atoms. The number of sulfonamides is 1. The van der Waals surface area contributed by atoms with Crippen molar-refractivity contribution in [3.8, 4) is 5.75 Å². The zero-order chi connectivity index (χ0) is 20.6. The molecule has 0 amide bonds. The summed E-state index contributed by atoms with van der Waals surface area (Å²) in [5.74, 6) is -1.51. The van der Waals surface area contributed by atoms with Gasteiger partial charge in [0.1, 0.15) is 16.7 Å². The molecule has 1 atom stereocenters. The van der Waals surface area contributed by atoms with Crippen LogP contribution in [0, 0.1) is 0 Å². The van der Waals surface area contributed by atoms with Gasteiger partial charge in [0.25, 0.3) is 0 Å². The van der Waals surface area contributed by atoms with Crippen LogP contribution in [0.15, 0.2) is 23.1 Å². The van der Waals surface area contributed by atoms with E-state index in [1.807, 2.05) is 0 Å². The second-order valence-electron chi connectivity index (χ2n) is 5.38. The van der Waals surface area contributed by atoms with Crippen molar-refractivity contribution in [2.75, 3.05) is 25.5 Å². The van der Waals surface area contributed by atoms with Gasteiger partial charge in [-0.3, -0.25) is 4.79 Å². The van der Waals surface area contributed by atoms with Crippen LogP contribution in [0.5, 0.6) is 5.75 Å². The molecule has 0 radical (unpaired) electrons. The highest BCUT2D eigenvalue weighted by atomic mass is 32.2. The fraction of sp³-hybridized carbons (Fsp3) is 0.462. The van der Waals surface area contributed by atoms with Gasteiger partial charge >= 0.3 is 21.6 Å². The Bertz CT molecular complexity index is 945. The number of carbonyl (C=O) groups excluding carboxylic acids is 1. The monoisotopic (exact) mass is 432 g/mol. The number of fused-ring (bicyclic) bond motifs is 1. The maximum Gasteiger partial charge on any atom is 0.534 e. The van der Waals surface area contributed by atoms with E-state index in [9.17, 15) is 34.8 Å². The molecule has 1 aliphatic rings. The number of halogens is 3. The quantitative estimate of drug-likeness (QED) is 0.423. The zero-order valence-electron chi connectivity index (χ0n) is 14.0. The van der Waals surface area contributed by atoms with Crippen molar-refractivity contribution in [2.24, 2.45) is 0 Å². The lowest BCUT2D eigenvalue weighted by atomic mass is 10.3. The third kappa shape index (κ3) is 4.11. The van der Waals surface area contributed by atoms with Gasteiger partial charge in [-0.1, -0.05) is 0 Å². The van der Waals surface area contributed by atoms with E-state index >= 15 is 0 Å². The summed E-state index contributed by atoms with van der Waals surface area (Å²) >= 11 is 0. The SMILES string of the molecule is COC(=O)[C@@H](C)N1CCNc2cc(OS(=O)(=O)C(F)(F)F)ccc2S1(=O)=O. The standard InChI is InChI=1S/C13H15F3N2O7S2/c1-8(12(19)24-2)18-6-5-17-10-7-9(3-4-11(10)26(18,20)21)25-27(22,23)13(14,15)16/h3-4,7-8,17H,5-6H2,1-2H3/t8-/m1/s1. The summed E-state index contributed by atoms with van der Waals surface area (Å²) in [4.78, 5) is 11.3. The highest BCUT2D eigenvalue weighted by molar-refractivity contribution is 7.89. The third-order valence-electron chi connectivity index (χ3n) is 3.65. The fourth-order valence-electron chi connectivity index (χ4n) is 2.34. The smallest absolute Gasteiger partial charge is 0.468 e. The first kappa shape index (κ1) is 21.2. The van der Waals surface area contributed by atoms with E-state index in [4.69, 9.17) is 0 Å². The number of nitrogens with one attached hydrogen (secondary N) is 1. The van der Waals surface area contributed by atoms with Crippen molar-refractivity contribution < 1.29 is 43.7 Å². The van der Waals surface area contributed by atoms with Crippen LogP contribution in [-0.2, 0) is 29.7 Å². The molecule has 1 heterocycles. The lowest BCUT2D eigenvalue weighted by molar-refractivity contribution is -0.144. The highest BCUT2D eigenvalue weighted by Crippen LogP contribution is 2.34. The fourth-order valence-corrected chi connectivity index (χ4v) is 4.52. The number of methoxy groups -OCH3 is 1. The Balaban J connectivity index is 2.44. The Hall–Kier alpha value is -2.06. The molecule has 0 aliphatic carbocycles. The molecule has 0 aromatic heterocycles. The second kappa shape index (κ2) is 7.16. The van der Waals surface area contributed by atoms with E-state index in [-0.39, 0.29) is 23.7 Å². The topological polar surface area (TPSA) is 119 Å². The number of hydrogen-bond donors (Lipinski definition) is 1. The lowest BCUT2D eigenvalue weighted by Crippen LogP contribution is -2.44. The number of benzene rings is 1. The first-order chi connectivity index (χ1) is 12.3. The van der Waals surface area contributed by atoms with Crippen molar-refractivity contribution >= 4 is 31.8 Å². The summed E-state index contributed by atoms with van der Waals surface area (Å²) in [6, 6.07) is 1.34. The molecule has 0 saturated carbocycles. The molecule has 0 fully saturated rings. The van der Waals surface area contributed by atoms with Gasteiger partial charge in [-0.05, 0) is 19.1 Å². The van der Waals surface area contributed by atoms with E-state index in [1.165, 1.54) is 6.92 Å². The van der Waals surface area contributed by atoms with Gasteiger partial charge in [0.05, 0.1) is 12.8 Å². The van der Waals surface area contributed by atoms with E-state index in [0.29, 0.717) is 0 Å². The Morgan fingerprint density at radius 2 is 1.96 bits per heavy atom. The Labute approximate surface area is 153 Å². The van der Waals surface area contributed by atoms with Gasteiger partial charge in [-0.15, -0.1) is 0 Å². The van der Waals surface area contributed by atoms with Gasteiger partial charge in [0, 0.05) is 19.2 Å². The molecule has 2 rings (SSSR count). The van der Waals surface area contributed by atoms with Crippen molar-refractivity contribution in [2.45, 2.75) is 23.4 Å². The number of esters is 1. The number of rotatable bonds is 4. The minimum atomic E-state index is -5.90. The van der Waals surface area contributed by atoms with E-state index < -0.39 is 43.4 Å². The van der Waals surface area contributed by atoms with Crippen LogP contribution >= 0.6 is 0 Å².